The van der Waals surface area contributed by atoms with E-state index in [9.17, 15) is 17.6 Å². The highest BCUT2D eigenvalue weighted by atomic mass is 32.2. The number of benzene rings is 2. The van der Waals surface area contributed by atoms with Gasteiger partial charge in [0.15, 0.2) is 0 Å². The van der Waals surface area contributed by atoms with Gasteiger partial charge in [-0.3, -0.25) is 4.79 Å². The average Bonchev–Trinajstić information content (AvgIpc) is 2.74. The number of halogens is 1. The van der Waals surface area contributed by atoms with Crippen LogP contribution in [0, 0.1) is 5.82 Å². The molecular formula is C22H27FN2O4S. The van der Waals surface area contributed by atoms with Crippen LogP contribution in [0.1, 0.15) is 36.9 Å². The third-order valence-corrected chi connectivity index (χ3v) is 7.08. The molecule has 0 unspecified atom stereocenters. The van der Waals surface area contributed by atoms with Crippen molar-refractivity contribution in [3.05, 3.63) is 65.5 Å². The Bertz CT molecular complexity index is 963. The van der Waals surface area contributed by atoms with Crippen LogP contribution in [0.4, 0.5) is 4.39 Å². The molecule has 0 saturated heterocycles. The molecule has 162 valence electrons. The number of fused-ring (bicyclic) bond motifs is 1. The van der Waals surface area contributed by atoms with E-state index in [1.807, 2.05) is 31.2 Å². The van der Waals surface area contributed by atoms with Crippen LogP contribution in [0.5, 0.6) is 0 Å². The fourth-order valence-electron chi connectivity index (χ4n) is 3.66. The number of nitrogens with one attached hydrogen (secondary N) is 1. The monoisotopic (exact) mass is 434 g/mol. The molecule has 2 aromatic rings. The Morgan fingerprint density at radius 3 is 2.67 bits per heavy atom. The number of ether oxygens (including phenoxy) is 1. The topological polar surface area (TPSA) is 75.7 Å². The summed E-state index contributed by atoms with van der Waals surface area (Å²) in [7, 11) is -3.88. The molecule has 6 nitrogen and oxygen atoms in total. The van der Waals surface area contributed by atoms with Crippen LogP contribution in [-0.2, 0) is 26.0 Å². The summed E-state index contributed by atoms with van der Waals surface area (Å²) in [6.07, 6.45) is 1.27. The number of sulfonamides is 1. The zero-order valence-corrected chi connectivity index (χ0v) is 17.8. The highest BCUT2D eigenvalue weighted by molar-refractivity contribution is 7.89. The predicted molar refractivity (Wildman–Crippen MR) is 112 cm³/mol. The van der Waals surface area contributed by atoms with Crippen LogP contribution >= 0.6 is 0 Å². The molecule has 1 atom stereocenters. The number of rotatable bonds is 9. The van der Waals surface area contributed by atoms with Crippen molar-refractivity contribution in [3.63, 3.8) is 0 Å². The standard InChI is InChI=1S/C22H27FN2O4S/c1-2-29-15-5-13-24-22(26)16-21-20-7-4-3-6-17(20)12-14-25(21)30(27,28)19-10-8-18(23)9-11-19/h3-4,6-11,21H,2,5,12-16H2,1H3,(H,24,26)/t21-/m0/s1. The molecule has 0 spiro atoms. The minimum atomic E-state index is -3.88. The summed E-state index contributed by atoms with van der Waals surface area (Å²) in [6.45, 7) is 3.84. The summed E-state index contributed by atoms with van der Waals surface area (Å²) in [5.74, 6) is -0.714. The third kappa shape index (κ3) is 5.24. The van der Waals surface area contributed by atoms with Gasteiger partial charge in [0, 0.05) is 32.7 Å². The fourth-order valence-corrected chi connectivity index (χ4v) is 5.27. The first-order valence-corrected chi connectivity index (χ1v) is 11.6. The molecule has 0 fully saturated rings. The maximum Gasteiger partial charge on any atom is 0.243 e. The van der Waals surface area contributed by atoms with E-state index in [0.29, 0.717) is 32.6 Å². The lowest BCUT2D eigenvalue weighted by Gasteiger charge is -2.36. The van der Waals surface area contributed by atoms with E-state index in [-0.39, 0.29) is 23.8 Å². The molecule has 0 bridgehead atoms. The fraction of sp³-hybridized carbons (Fsp3) is 0.409. The zero-order valence-electron chi connectivity index (χ0n) is 17.0. The van der Waals surface area contributed by atoms with Gasteiger partial charge in [-0.1, -0.05) is 24.3 Å². The van der Waals surface area contributed by atoms with Gasteiger partial charge in [-0.05, 0) is 55.2 Å². The van der Waals surface area contributed by atoms with Crippen molar-refractivity contribution >= 4 is 15.9 Å². The predicted octanol–water partition coefficient (Wildman–Crippen LogP) is 3.05. The Kier molecular flexibility index (Phi) is 7.58. The number of hydrogen-bond donors (Lipinski definition) is 1. The van der Waals surface area contributed by atoms with Crippen LogP contribution in [-0.4, -0.2) is 44.9 Å². The first kappa shape index (κ1) is 22.4. The number of nitrogens with zero attached hydrogens (tertiary/aromatic N) is 1. The van der Waals surface area contributed by atoms with Crippen LogP contribution in [0.15, 0.2) is 53.4 Å². The first-order chi connectivity index (χ1) is 14.4. The van der Waals surface area contributed by atoms with Gasteiger partial charge in [-0.25, -0.2) is 12.8 Å². The molecular weight excluding hydrogens is 407 g/mol. The van der Waals surface area contributed by atoms with Gasteiger partial charge in [-0.2, -0.15) is 4.31 Å². The highest BCUT2D eigenvalue weighted by Gasteiger charge is 2.37. The van der Waals surface area contributed by atoms with Gasteiger partial charge in [0.2, 0.25) is 15.9 Å². The molecule has 3 rings (SSSR count). The lowest BCUT2D eigenvalue weighted by atomic mass is 9.92. The van der Waals surface area contributed by atoms with Gasteiger partial charge in [0.25, 0.3) is 0 Å². The minimum Gasteiger partial charge on any atom is -0.382 e. The van der Waals surface area contributed by atoms with Crippen molar-refractivity contribution in [2.75, 3.05) is 26.3 Å². The summed E-state index contributed by atoms with van der Waals surface area (Å²) in [4.78, 5) is 12.6. The van der Waals surface area contributed by atoms with Crippen molar-refractivity contribution in [1.82, 2.24) is 9.62 Å². The second-order valence-corrected chi connectivity index (χ2v) is 9.03. The molecule has 1 aliphatic heterocycles. The average molecular weight is 435 g/mol. The lowest BCUT2D eigenvalue weighted by Crippen LogP contribution is -2.42. The Balaban J connectivity index is 1.81. The maximum atomic E-state index is 13.3. The van der Waals surface area contributed by atoms with E-state index in [4.69, 9.17) is 4.74 Å². The van der Waals surface area contributed by atoms with Crippen molar-refractivity contribution in [3.8, 4) is 0 Å². The van der Waals surface area contributed by atoms with Gasteiger partial charge >= 0.3 is 0 Å². The van der Waals surface area contributed by atoms with E-state index < -0.39 is 21.9 Å². The largest absolute Gasteiger partial charge is 0.382 e. The van der Waals surface area contributed by atoms with E-state index in [1.54, 1.807) is 0 Å². The molecule has 0 aliphatic carbocycles. The summed E-state index contributed by atoms with van der Waals surface area (Å²) in [5, 5.41) is 2.85. The SMILES string of the molecule is CCOCCCNC(=O)C[C@H]1c2ccccc2CCN1S(=O)(=O)c1ccc(F)cc1. The molecule has 1 N–H and O–H groups in total. The Labute approximate surface area is 177 Å². The summed E-state index contributed by atoms with van der Waals surface area (Å²) in [5.41, 5.74) is 1.87. The number of carbonyl (C=O) groups excluding carboxylic acids is 1. The normalized spacial score (nSPS) is 16.8. The Morgan fingerprint density at radius 2 is 1.93 bits per heavy atom. The summed E-state index contributed by atoms with van der Waals surface area (Å²) >= 11 is 0. The zero-order chi connectivity index (χ0) is 21.6. The van der Waals surface area contributed by atoms with Crippen LogP contribution in [0.25, 0.3) is 0 Å². The molecule has 0 saturated carbocycles. The molecule has 0 aromatic heterocycles. The number of amides is 1. The lowest BCUT2D eigenvalue weighted by molar-refractivity contribution is -0.122. The van der Waals surface area contributed by atoms with Crippen molar-refractivity contribution in [2.45, 2.75) is 37.1 Å². The number of hydrogen-bond acceptors (Lipinski definition) is 4. The summed E-state index contributed by atoms with van der Waals surface area (Å²) in [6, 6.07) is 11.8. The van der Waals surface area contributed by atoms with Crippen LogP contribution < -0.4 is 5.32 Å². The minimum absolute atomic E-state index is 0.0189. The Morgan fingerprint density at radius 1 is 1.20 bits per heavy atom. The third-order valence-electron chi connectivity index (χ3n) is 5.15. The Hall–Kier alpha value is -2.29. The van der Waals surface area contributed by atoms with Gasteiger partial charge < -0.3 is 10.1 Å². The maximum absolute atomic E-state index is 13.3. The molecule has 30 heavy (non-hydrogen) atoms. The van der Waals surface area contributed by atoms with Gasteiger partial charge in [0.05, 0.1) is 10.9 Å². The summed E-state index contributed by atoms with van der Waals surface area (Å²) < 4.78 is 46.5. The van der Waals surface area contributed by atoms with E-state index in [0.717, 1.165) is 23.3 Å². The molecule has 8 heteroatoms. The van der Waals surface area contributed by atoms with Crippen molar-refractivity contribution in [2.24, 2.45) is 0 Å². The molecule has 1 heterocycles. The molecule has 1 amide bonds. The van der Waals surface area contributed by atoms with Crippen LogP contribution in [0.3, 0.4) is 0 Å². The van der Waals surface area contributed by atoms with Gasteiger partial charge in [0.1, 0.15) is 5.82 Å². The van der Waals surface area contributed by atoms with Crippen molar-refractivity contribution in [1.29, 1.82) is 0 Å². The molecule has 1 aliphatic rings. The quantitative estimate of drug-likeness (QED) is 0.616. The first-order valence-electron chi connectivity index (χ1n) is 10.1. The van der Waals surface area contributed by atoms with E-state index in [2.05, 4.69) is 5.32 Å². The van der Waals surface area contributed by atoms with Crippen LogP contribution in [0.2, 0.25) is 0 Å². The second-order valence-electron chi connectivity index (χ2n) is 7.14. The highest BCUT2D eigenvalue weighted by Crippen LogP contribution is 2.36. The second kappa shape index (κ2) is 10.1. The smallest absolute Gasteiger partial charge is 0.243 e. The number of carbonyl (C=O) groups is 1. The van der Waals surface area contributed by atoms with Crippen molar-refractivity contribution < 1.29 is 22.3 Å². The molecule has 2 aromatic carbocycles. The van der Waals surface area contributed by atoms with E-state index >= 15 is 0 Å². The molecule has 0 radical (unpaired) electrons. The van der Waals surface area contributed by atoms with E-state index in [1.165, 1.54) is 16.4 Å². The van der Waals surface area contributed by atoms with Gasteiger partial charge in [-0.15, -0.1) is 0 Å².